The Morgan fingerprint density at radius 1 is 1.38 bits per heavy atom. The summed E-state index contributed by atoms with van der Waals surface area (Å²) in [4.78, 5) is 0. The fourth-order valence-electron chi connectivity index (χ4n) is 1.08. The SMILES string of the molecule is S=c1[nH]ncn1/N=C/c1c(Cl)cccc1Cl. The van der Waals surface area contributed by atoms with Crippen molar-refractivity contribution in [1.29, 1.82) is 0 Å². The molecular formula is C9H6Cl2N4S. The third-order valence-electron chi connectivity index (χ3n) is 1.85. The Hall–Kier alpha value is -1.17. The maximum Gasteiger partial charge on any atom is 0.216 e. The van der Waals surface area contributed by atoms with Crippen molar-refractivity contribution in [2.75, 3.05) is 0 Å². The van der Waals surface area contributed by atoms with E-state index in [9.17, 15) is 0 Å². The number of H-pyrrole nitrogens is 1. The lowest BCUT2D eigenvalue weighted by atomic mass is 10.2. The molecule has 0 saturated carbocycles. The van der Waals surface area contributed by atoms with Gasteiger partial charge in [0.05, 0.1) is 16.3 Å². The molecule has 82 valence electrons. The Balaban J connectivity index is 2.38. The first-order valence-electron chi connectivity index (χ1n) is 4.29. The van der Waals surface area contributed by atoms with Crippen LogP contribution in [0.1, 0.15) is 5.56 Å². The van der Waals surface area contributed by atoms with Gasteiger partial charge in [0.2, 0.25) is 4.77 Å². The molecule has 1 aromatic heterocycles. The zero-order valence-electron chi connectivity index (χ0n) is 7.89. The molecule has 4 nitrogen and oxygen atoms in total. The number of nitrogens with one attached hydrogen (secondary N) is 1. The van der Waals surface area contributed by atoms with Crippen LogP contribution >= 0.6 is 35.4 Å². The normalized spacial score (nSPS) is 11.1. The van der Waals surface area contributed by atoms with Gasteiger partial charge in [-0.2, -0.15) is 14.9 Å². The first kappa shape index (κ1) is 11.3. The minimum Gasteiger partial charge on any atom is -0.250 e. The smallest absolute Gasteiger partial charge is 0.216 e. The van der Waals surface area contributed by atoms with E-state index in [0.717, 1.165) is 0 Å². The van der Waals surface area contributed by atoms with Gasteiger partial charge in [0, 0.05) is 5.56 Å². The average Bonchev–Trinajstić information content (AvgIpc) is 2.64. The van der Waals surface area contributed by atoms with E-state index in [1.165, 1.54) is 17.2 Å². The summed E-state index contributed by atoms with van der Waals surface area (Å²) in [5.74, 6) is 0. The molecule has 2 rings (SSSR count). The van der Waals surface area contributed by atoms with E-state index < -0.39 is 0 Å². The Kier molecular flexibility index (Phi) is 3.38. The largest absolute Gasteiger partial charge is 0.250 e. The Morgan fingerprint density at radius 3 is 2.62 bits per heavy atom. The van der Waals surface area contributed by atoms with Crippen molar-refractivity contribution >= 4 is 41.6 Å². The minimum atomic E-state index is 0.402. The molecular weight excluding hydrogens is 267 g/mol. The van der Waals surface area contributed by atoms with Crippen LogP contribution in [0.2, 0.25) is 10.0 Å². The van der Waals surface area contributed by atoms with Crippen LogP contribution in [0.3, 0.4) is 0 Å². The van der Waals surface area contributed by atoms with Crippen LogP contribution in [0.25, 0.3) is 0 Å². The highest BCUT2D eigenvalue weighted by Crippen LogP contribution is 2.22. The number of nitrogens with zero attached hydrogens (tertiary/aromatic N) is 3. The van der Waals surface area contributed by atoms with E-state index in [1.807, 2.05) is 0 Å². The average molecular weight is 273 g/mol. The summed E-state index contributed by atoms with van der Waals surface area (Å²) in [6.45, 7) is 0. The number of benzene rings is 1. The van der Waals surface area contributed by atoms with E-state index in [1.54, 1.807) is 18.2 Å². The molecule has 2 aromatic rings. The second-order valence-electron chi connectivity index (χ2n) is 2.89. The van der Waals surface area contributed by atoms with Gasteiger partial charge in [-0.15, -0.1) is 0 Å². The fourth-order valence-corrected chi connectivity index (χ4v) is 1.72. The van der Waals surface area contributed by atoms with Gasteiger partial charge in [0.25, 0.3) is 0 Å². The number of halogens is 2. The summed E-state index contributed by atoms with van der Waals surface area (Å²) in [6.07, 6.45) is 3.00. The summed E-state index contributed by atoms with van der Waals surface area (Å²) in [5, 5.41) is 11.5. The quantitative estimate of drug-likeness (QED) is 0.675. The van der Waals surface area contributed by atoms with Gasteiger partial charge in [-0.3, -0.25) is 5.10 Å². The molecule has 0 atom stereocenters. The number of hydrogen-bond donors (Lipinski definition) is 1. The molecule has 0 radical (unpaired) electrons. The fraction of sp³-hybridized carbons (Fsp3) is 0. The van der Waals surface area contributed by atoms with Crippen LogP contribution in [-0.2, 0) is 0 Å². The van der Waals surface area contributed by atoms with Gasteiger partial charge < -0.3 is 0 Å². The van der Waals surface area contributed by atoms with Crippen molar-refractivity contribution in [3.8, 4) is 0 Å². The first-order valence-corrected chi connectivity index (χ1v) is 5.45. The summed E-state index contributed by atoms with van der Waals surface area (Å²) in [6, 6.07) is 5.25. The predicted molar refractivity (Wildman–Crippen MR) is 66.9 cm³/mol. The Morgan fingerprint density at radius 2 is 2.06 bits per heavy atom. The van der Waals surface area contributed by atoms with Crippen molar-refractivity contribution in [2.24, 2.45) is 5.10 Å². The van der Waals surface area contributed by atoms with Crippen LogP contribution in [0.15, 0.2) is 29.6 Å². The summed E-state index contributed by atoms with van der Waals surface area (Å²) < 4.78 is 1.81. The number of aromatic nitrogens is 3. The van der Waals surface area contributed by atoms with E-state index in [-0.39, 0.29) is 0 Å². The molecule has 0 saturated heterocycles. The molecule has 0 bridgehead atoms. The maximum atomic E-state index is 5.98. The lowest BCUT2D eigenvalue weighted by Crippen LogP contribution is -1.90. The standard InChI is InChI=1S/C9H6Cl2N4S/c10-7-2-1-3-8(11)6(7)4-13-15-5-12-14-9(15)16/h1-5H,(H,14,16)/b13-4+. The molecule has 1 N–H and O–H groups in total. The lowest BCUT2D eigenvalue weighted by molar-refractivity contribution is 0.863. The molecule has 0 fully saturated rings. The highest BCUT2D eigenvalue weighted by atomic mass is 35.5. The number of aromatic amines is 1. The van der Waals surface area contributed by atoms with E-state index in [4.69, 9.17) is 35.4 Å². The first-order chi connectivity index (χ1) is 7.68. The van der Waals surface area contributed by atoms with Crippen LogP contribution in [0.4, 0.5) is 0 Å². The highest BCUT2D eigenvalue weighted by molar-refractivity contribution is 7.71. The van der Waals surface area contributed by atoms with Gasteiger partial charge in [-0.05, 0) is 24.4 Å². The van der Waals surface area contributed by atoms with Gasteiger partial charge in [0.1, 0.15) is 6.33 Å². The number of rotatable bonds is 2. The lowest BCUT2D eigenvalue weighted by Gasteiger charge is -1.99. The topological polar surface area (TPSA) is 46.0 Å². The molecule has 7 heteroatoms. The van der Waals surface area contributed by atoms with Crippen molar-refractivity contribution in [3.63, 3.8) is 0 Å². The van der Waals surface area contributed by atoms with Crippen LogP contribution < -0.4 is 0 Å². The van der Waals surface area contributed by atoms with E-state index >= 15 is 0 Å². The highest BCUT2D eigenvalue weighted by Gasteiger charge is 2.01. The van der Waals surface area contributed by atoms with Crippen LogP contribution in [0, 0.1) is 4.77 Å². The van der Waals surface area contributed by atoms with Crippen molar-refractivity contribution < 1.29 is 0 Å². The number of hydrogen-bond acceptors (Lipinski definition) is 3. The zero-order chi connectivity index (χ0) is 11.5. The molecule has 1 aromatic carbocycles. The molecule has 0 amide bonds. The minimum absolute atomic E-state index is 0.402. The van der Waals surface area contributed by atoms with Gasteiger partial charge in [0.15, 0.2) is 0 Å². The third-order valence-corrected chi connectivity index (χ3v) is 2.78. The van der Waals surface area contributed by atoms with Crippen LogP contribution in [-0.4, -0.2) is 21.1 Å². The molecule has 0 aliphatic rings. The van der Waals surface area contributed by atoms with Crippen molar-refractivity contribution in [1.82, 2.24) is 14.9 Å². The second kappa shape index (κ2) is 4.78. The van der Waals surface area contributed by atoms with Gasteiger partial charge in [-0.1, -0.05) is 29.3 Å². The molecule has 0 unspecified atom stereocenters. The molecule has 0 spiro atoms. The summed E-state index contributed by atoms with van der Waals surface area (Å²) >= 11 is 16.9. The van der Waals surface area contributed by atoms with Gasteiger partial charge in [-0.25, -0.2) is 0 Å². The maximum absolute atomic E-state index is 5.98. The Labute approximate surface area is 107 Å². The third kappa shape index (κ3) is 2.32. The second-order valence-corrected chi connectivity index (χ2v) is 4.09. The van der Waals surface area contributed by atoms with E-state index in [2.05, 4.69) is 15.3 Å². The van der Waals surface area contributed by atoms with Gasteiger partial charge >= 0.3 is 0 Å². The molecule has 1 heterocycles. The Bertz CT molecular complexity index is 567. The van der Waals surface area contributed by atoms with Crippen LogP contribution in [0.5, 0.6) is 0 Å². The summed E-state index contributed by atoms with van der Waals surface area (Å²) in [7, 11) is 0. The molecule has 16 heavy (non-hydrogen) atoms. The van der Waals surface area contributed by atoms with Crippen molar-refractivity contribution in [2.45, 2.75) is 0 Å². The molecule has 0 aliphatic carbocycles. The van der Waals surface area contributed by atoms with E-state index in [0.29, 0.717) is 20.4 Å². The van der Waals surface area contributed by atoms with Crippen molar-refractivity contribution in [3.05, 3.63) is 44.9 Å². The summed E-state index contributed by atoms with van der Waals surface area (Å²) in [5.41, 5.74) is 0.647. The monoisotopic (exact) mass is 272 g/mol. The molecule has 0 aliphatic heterocycles. The predicted octanol–water partition coefficient (Wildman–Crippen LogP) is 3.13. The zero-order valence-corrected chi connectivity index (χ0v) is 10.2.